The van der Waals surface area contributed by atoms with E-state index >= 15 is 0 Å². The quantitative estimate of drug-likeness (QED) is 0.940. The first-order chi connectivity index (χ1) is 9.49. The Morgan fingerprint density at radius 3 is 2.70 bits per heavy atom. The monoisotopic (exact) mass is 292 g/mol. The van der Waals surface area contributed by atoms with E-state index < -0.39 is 0 Å². The molecule has 108 valence electrons. The van der Waals surface area contributed by atoms with E-state index in [1.54, 1.807) is 7.11 Å². The van der Waals surface area contributed by atoms with Crippen LogP contribution in [0.5, 0.6) is 5.75 Å². The van der Waals surface area contributed by atoms with E-state index in [0.29, 0.717) is 17.1 Å². The number of carbonyl (C=O) groups excluding carboxylic acids is 1. The molecule has 0 radical (unpaired) electrons. The fourth-order valence-electron chi connectivity index (χ4n) is 2.26. The van der Waals surface area contributed by atoms with E-state index in [1.807, 2.05) is 43.9 Å². The third-order valence-electron chi connectivity index (χ3n) is 3.35. The second-order valence-electron chi connectivity index (χ2n) is 4.89. The highest BCUT2D eigenvalue weighted by atomic mass is 32.1. The lowest BCUT2D eigenvalue weighted by molar-refractivity contribution is 0.0723. The number of hydrogen-bond acceptors (Lipinski definition) is 4. The lowest BCUT2D eigenvalue weighted by Gasteiger charge is -2.24. The van der Waals surface area contributed by atoms with Crippen molar-refractivity contribution in [1.82, 2.24) is 4.90 Å². The van der Waals surface area contributed by atoms with Gasteiger partial charge in [-0.05, 0) is 39.0 Å². The van der Waals surface area contributed by atoms with Crippen molar-refractivity contribution in [1.29, 1.82) is 0 Å². The summed E-state index contributed by atoms with van der Waals surface area (Å²) in [6, 6.07) is 5.84. The molecule has 1 aromatic heterocycles. The fourth-order valence-corrected chi connectivity index (χ4v) is 3.36. The van der Waals surface area contributed by atoms with E-state index in [-0.39, 0.29) is 11.9 Å². The van der Waals surface area contributed by atoms with Crippen molar-refractivity contribution in [2.24, 2.45) is 0 Å². The third-order valence-corrected chi connectivity index (χ3v) is 4.51. The van der Waals surface area contributed by atoms with Crippen molar-refractivity contribution in [3.8, 4) is 5.75 Å². The van der Waals surface area contributed by atoms with Crippen LogP contribution < -0.4 is 10.5 Å². The van der Waals surface area contributed by atoms with Gasteiger partial charge >= 0.3 is 0 Å². The number of anilines is 1. The Labute approximate surface area is 123 Å². The maximum Gasteiger partial charge on any atom is 0.266 e. The Hall–Kier alpha value is -1.75. The van der Waals surface area contributed by atoms with Crippen LogP contribution in [0.1, 0.15) is 30.4 Å². The first-order valence-electron chi connectivity index (χ1n) is 6.66. The second kappa shape index (κ2) is 5.71. The van der Waals surface area contributed by atoms with Crippen LogP contribution in [0.15, 0.2) is 18.2 Å². The number of fused-ring (bicyclic) bond motifs is 1. The van der Waals surface area contributed by atoms with Gasteiger partial charge in [0.25, 0.3) is 5.91 Å². The molecule has 1 aromatic carbocycles. The predicted molar refractivity (Wildman–Crippen MR) is 84.6 cm³/mol. The maximum absolute atomic E-state index is 12.6. The molecule has 0 aliphatic carbocycles. The van der Waals surface area contributed by atoms with Crippen molar-refractivity contribution in [2.75, 3.05) is 19.4 Å². The number of rotatable bonds is 4. The zero-order valence-electron chi connectivity index (χ0n) is 12.3. The summed E-state index contributed by atoms with van der Waals surface area (Å²) in [7, 11) is 1.63. The predicted octanol–water partition coefficient (Wildman–Crippen LogP) is 3.36. The molecule has 20 heavy (non-hydrogen) atoms. The maximum atomic E-state index is 12.6. The topological polar surface area (TPSA) is 55.6 Å². The number of ether oxygens (including phenoxy) is 1. The minimum atomic E-state index is 0.000154. The molecular formula is C15H20N2O2S. The number of amides is 1. The lowest BCUT2D eigenvalue weighted by Crippen LogP contribution is -2.36. The molecule has 1 amide bonds. The van der Waals surface area contributed by atoms with E-state index in [1.165, 1.54) is 11.3 Å². The Morgan fingerprint density at radius 1 is 1.45 bits per heavy atom. The average molecular weight is 292 g/mol. The Kier molecular flexibility index (Phi) is 4.18. The molecule has 0 spiro atoms. The van der Waals surface area contributed by atoms with Gasteiger partial charge in [-0.15, -0.1) is 11.3 Å². The molecule has 0 unspecified atom stereocenters. The first kappa shape index (κ1) is 14.7. The van der Waals surface area contributed by atoms with Crippen LogP contribution in [0, 0.1) is 0 Å². The largest absolute Gasteiger partial charge is 0.497 e. The van der Waals surface area contributed by atoms with E-state index in [0.717, 1.165) is 15.8 Å². The molecule has 2 aromatic rings. The van der Waals surface area contributed by atoms with Crippen molar-refractivity contribution in [3.05, 3.63) is 23.1 Å². The highest BCUT2D eigenvalue weighted by molar-refractivity contribution is 7.21. The Morgan fingerprint density at radius 2 is 2.15 bits per heavy atom. The Balaban J connectivity index is 2.49. The van der Waals surface area contributed by atoms with Gasteiger partial charge in [0, 0.05) is 22.7 Å². The number of hydrogen-bond donors (Lipinski definition) is 1. The molecule has 0 aliphatic heterocycles. The summed E-state index contributed by atoms with van der Waals surface area (Å²) < 4.78 is 6.19. The molecular weight excluding hydrogens is 272 g/mol. The summed E-state index contributed by atoms with van der Waals surface area (Å²) in [5.41, 5.74) is 6.71. The molecule has 0 fully saturated rings. The third kappa shape index (κ3) is 2.45. The van der Waals surface area contributed by atoms with Gasteiger partial charge < -0.3 is 15.4 Å². The molecule has 5 heteroatoms. The number of carbonyl (C=O) groups is 1. The van der Waals surface area contributed by atoms with Gasteiger partial charge in [0.05, 0.1) is 12.8 Å². The fraction of sp³-hybridized carbons (Fsp3) is 0.400. The minimum Gasteiger partial charge on any atom is -0.497 e. The lowest BCUT2D eigenvalue weighted by atomic mass is 10.2. The van der Waals surface area contributed by atoms with Crippen LogP contribution in [0.4, 0.5) is 5.69 Å². The van der Waals surface area contributed by atoms with E-state index in [2.05, 4.69) is 0 Å². The minimum absolute atomic E-state index is 0.000154. The highest BCUT2D eigenvalue weighted by Crippen LogP contribution is 2.36. The van der Waals surface area contributed by atoms with Gasteiger partial charge in [-0.25, -0.2) is 0 Å². The number of nitrogens with two attached hydrogens (primary N) is 1. The zero-order chi connectivity index (χ0) is 14.9. The molecule has 0 bridgehead atoms. The second-order valence-corrected chi connectivity index (χ2v) is 5.94. The molecule has 2 N–H and O–H groups in total. The highest BCUT2D eigenvalue weighted by Gasteiger charge is 2.22. The molecule has 0 aliphatic rings. The summed E-state index contributed by atoms with van der Waals surface area (Å²) >= 11 is 1.43. The van der Waals surface area contributed by atoms with Crippen molar-refractivity contribution >= 4 is 33.0 Å². The molecule has 2 rings (SSSR count). The van der Waals surface area contributed by atoms with Crippen LogP contribution in [0.3, 0.4) is 0 Å². The zero-order valence-corrected chi connectivity index (χ0v) is 13.1. The van der Waals surface area contributed by atoms with Gasteiger partial charge in [-0.2, -0.15) is 0 Å². The van der Waals surface area contributed by atoms with Crippen molar-refractivity contribution < 1.29 is 9.53 Å². The summed E-state index contributed by atoms with van der Waals surface area (Å²) in [4.78, 5) is 15.0. The number of nitrogens with zero attached hydrogens (tertiary/aromatic N) is 1. The van der Waals surface area contributed by atoms with Crippen molar-refractivity contribution in [2.45, 2.75) is 26.8 Å². The van der Waals surface area contributed by atoms with Crippen LogP contribution in [-0.4, -0.2) is 30.5 Å². The van der Waals surface area contributed by atoms with Gasteiger partial charge in [-0.1, -0.05) is 0 Å². The number of nitrogen functional groups attached to an aromatic ring is 1. The molecule has 0 saturated heterocycles. The van der Waals surface area contributed by atoms with E-state index in [4.69, 9.17) is 10.5 Å². The molecule has 0 saturated carbocycles. The number of benzene rings is 1. The van der Waals surface area contributed by atoms with Crippen LogP contribution in [-0.2, 0) is 0 Å². The summed E-state index contributed by atoms with van der Waals surface area (Å²) in [6.07, 6.45) is 0. The first-order valence-corrected chi connectivity index (χ1v) is 7.48. The summed E-state index contributed by atoms with van der Waals surface area (Å²) in [5, 5.41) is 0.916. The molecule has 0 atom stereocenters. The SMILES string of the molecule is CCN(C(=O)c1sc2cc(OC)ccc2c1N)C(C)C. The number of thiophene rings is 1. The van der Waals surface area contributed by atoms with Crippen LogP contribution in [0.25, 0.3) is 10.1 Å². The number of methoxy groups -OCH3 is 1. The van der Waals surface area contributed by atoms with Gasteiger partial charge in [0.1, 0.15) is 10.6 Å². The normalized spacial score (nSPS) is 11.1. The molecule has 4 nitrogen and oxygen atoms in total. The smallest absolute Gasteiger partial charge is 0.266 e. The summed E-state index contributed by atoms with van der Waals surface area (Å²) in [5.74, 6) is 0.772. The van der Waals surface area contributed by atoms with Crippen LogP contribution >= 0.6 is 11.3 Å². The Bertz CT molecular complexity index is 634. The van der Waals surface area contributed by atoms with Crippen LogP contribution in [0.2, 0.25) is 0 Å². The van der Waals surface area contributed by atoms with Crippen molar-refractivity contribution in [3.63, 3.8) is 0 Å². The van der Waals surface area contributed by atoms with Gasteiger partial charge in [-0.3, -0.25) is 4.79 Å². The average Bonchev–Trinajstić information content (AvgIpc) is 2.75. The standard InChI is InChI=1S/C15H20N2O2S/c1-5-17(9(2)3)15(18)14-13(16)11-7-6-10(19-4)8-12(11)20-14/h6-9H,5,16H2,1-4H3. The summed E-state index contributed by atoms with van der Waals surface area (Å²) in [6.45, 7) is 6.67. The van der Waals surface area contributed by atoms with E-state index in [9.17, 15) is 4.79 Å². The van der Waals surface area contributed by atoms with Gasteiger partial charge in [0.15, 0.2) is 0 Å². The molecule has 1 heterocycles. The van der Waals surface area contributed by atoms with Gasteiger partial charge in [0.2, 0.25) is 0 Å².